The fourth-order valence-electron chi connectivity index (χ4n) is 2.25. The van der Waals surface area contributed by atoms with E-state index in [4.69, 9.17) is 5.53 Å². The number of nitrogens with zero attached hydrogens (tertiary/aromatic N) is 2. The number of hydrogen-bond acceptors (Lipinski definition) is 3. The summed E-state index contributed by atoms with van der Waals surface area (Å²) in [6, 6.07) is 8.77. The minimum absolute atomic E-state index is 0.0936. The lowest BCUT2D eigenvalue weighted by Gasteiger charge is -1.95. The van der Waals surface area contributed by atoms with Crippen LogP contribution in [-0.2, 0) is 0 Å². The minimum atomic E-state index is -0.596. The molecule has 3 rings (SSSR count). The third-order valence-electron chi connectivity index (χ3n) is 3.13. The van der Waals surface area contributed by atoms with Crippen LogP contribution >= 0.6 is 0 Å². The van der Waals surface area contributed by atoms with Gasteiger partial charge in [0.25, 0.3) is 5.43 Å². The molecular formula is C14H6N2O3. The van der Waals surface area contributed by atoms with Gasteiger partial charge in [0.15, 0.2) is 5.43 Å². The summed E-state index contributed by atoms with van der Waals surface area (Å²) in [5.41, 5.74) is 7.46. The maximum Gasteiger partial charge on any atom is 0.373 e. The molecule has 5 nitrogen and oxygen atoms in total. The first-order valence-corrected chi connectivity index (χ1v) is 5.52. The molecule has 0 saturated carbocycles. The van der Waals surface area contributed by atoms with Crippen LogP contribution in [0.3, 0.4) is 0 Å². The Morgan fingerprint density at radius 2 is 1.47 bits per heavy atom. The highest BCUT2D eigenvalue weighted by molar-refractivity contribution is 5.82. The van der Waals surface area contributed by atoms with E-state index in [1.807, 2.05) is 0 Å². The summed E-state index contributed by atoms with van der Waals surface area (Å²) in [4.78, 5) is 39.0. The van der Waals surface area contributed by atoms with Crippen molar-refractivity contribution in [1.29, 1.82) is 0 Å². The summed E-state index contributed by atoms with van der Waals surface area (Å²) in [5, 5.41) is 0.0955. The largest absolute Gasteiger partial charge is 0.373 e. The average Bonchev–Trinajstić information content (AvgIpc) is 2.44. The zero-order valence-electron chi connectivity index (χ0n) is 9.58. The van der Waals surface area contributed by atoms with E-state index in [1.54, 1.807) is 18.2 Å². The normalized spacial score (nSPS) is 10.7. The summed E-state index contributed by atoms with van der Waals surface area (Å²) >= 11 is 0. The molecule has 0 radical (unpaired) electrons. The van der Waals surface area contributed by atoms with E-state index < -0.39 is 10.9 Å². The molecule has 90 valence electrons. The molecule has 19 heavy (non-hydrogen) atoms. The predicted octanol–water partition coefficient (Wildman–Crippen LogP) is -0.349. The van der Waals surface area contributed by atoms with Crippen LogP contribution in [0.5, 0.6) is 0 Å². The molecule has 0 spiro atoms. The molecule has 1 aromatic carbocycles. The van der Waals surface area contributed by atoms with E-state index in [0.29, 0.717) is 5.39 Å². The molecule has 0 saturated heterocycles. The van der Waals surface area contributed by atoms with Crippen LogP contribution in [-0.4, -0.2) is 4.79 Å². The first-order chi connectivity index (χ1) is 9.15. The number of fused-ring (bicyclic) bond motifs is 1. The fourth-order valence-corrected chi connectivity index (χ4v) is 2.25. The van der Waals surface area contributed by atoms with Crippen LogP contribution in [0.2, 0.25) is 0 Å². The minimum Gasteiger partial charge on any atom is -0.361 e. The second kappa shape index (κ2) is 3.80. The van der Waals surface area contributed by atoms with Crippen LogP contribution < -0.4 is 21.6 Å². The van der Waals surface area contributed by atoms with Gasteiger partial charge < -0.3 is 5.53 Å². The molecule has 0 heterocycles. The van der Waals surface area contributed by atoms with Gasteiger partial charge in [-0.3, -0.25) is 14.4 Å². The van der Waals surface area contributed by atoms with Crippen molar-refractivity contribution in [2.24, 2.45) is 0 Å². The smallest absolute Gasteiger partial charge is 0.361 e. The molecule has 0 N–H and O–H groups in total. The lowest BCUT2D eigenvalue weighted by atomic mass is 10.0. The highest BCUT2D eigenvalue weighted by atomic mass is 16.1. The van der Waals surface area contributed by atoms with Crippen molar-refractivity contribution in [2.75, 3.05) is 0 Å². The van der Waals surface area contributed by atoms with Gasteiger partial charge in [0.1, 0.15) is 5.22 Å². The Labute approximate surface area is 105 Å². The summed E-state index contributed by atoms with van der Waals surface area (Å²) in [6.07, 6.45) is 0. The molecule has 0 amide bonds. The number of hydrogen-bond donors (Lipinski definition) is 0. The van der Waals surface area contributed by atoms with Gasteiger partial charge in [0.05, 0.1) is 0 Å². The molecule has 0 aromatic heterocycles. The van der Waals surface area contributed by atoms with Crippen molar-refractivity contribution in [2.45, 2.75) is 0 Å². The van der Waals surface area contributed by atoms with Crippen molar-refractivity contribution in [1.82, 2.24) is 0 Å². The Morgan fingerprint density at radius 1 is 0.842 bits per heavy atom. The topological polar surface area (TPSA) is 87.6 Å². The van der Waals surface area contributed by atoms with Crippen LogP contribution in [0.25, 0.3) is 16.3 Å². The van der Waals surface area contributed by atoms with Crippen molar-refractivity contribution < 1.29 is 4.79 Å². The van der Waals surface area contributed by atoms with Crippen molar-refractivity contribution >= 4 is 10.8 Å². The lowest BCUT2D eigenvalue weighted by molar-refractivity contribution is -0.0679. The molecule has 1 aromatic rings. The van der Waals surface area contributed by atoms with Crippen LogP contribution in [0, 0.1) is 10.4 Å². The second-order valence-corrected chi connectivity index (χ2v) is 4.14. The Kier molecular flexibility index (Phi) is 2.24. The van der Waals surface area contributed by atoms with Gasteiger partial charge in [-0.1, -0.05) is 24.3 Å². The van der Waals surface area contributed by atoms with Crippen molar-refractivity contribution in [3.05, 3.63) is 88.4 Å². The Balaban J connectivity index is 3.01. The van der Waals surface area contributed by atoms with Gasteiger partial charge in [0, 0.05) is 16.0 Å². The number of benzene rings is 1. The summed E-state index contributed by atoms with van der Waals surface area (Å²) in [6.45, 7) is 0. The van der Waals surface area contributed by atoms with Gasteiger partial charge >= 0.3 is 5.36 Å². The Bertz CT molecular complexity index is 1120. The second-order valence-electron chi connectivity index (χ2n) is 4.14. The Morgan fingerprint density at radius 3 is 2.11 bits per heavy atom. The predicted molar refractivity (Wildman–Crippen MR) is 67.2 cm³/mol. The summed E-state index contributed by atoms with van der Waals surface area (Å²) in [7, 11) is 0. The van der Waals surface area contributed by atoms with Crippen LogP contribution in [0.15, 0.2) is 50.8 Å². The number of rotatable bonds is 0. The Hall–Kier alpha value is -2.91. The monoisotopic (exact) mass is 250 g/mol. The van der Waals surface area contributed by atoms with Crippen LogP contribution in [0.4, 0.5) is 0 Å². The molecule has 2 aliphatic rings. The molecular weight excluding hydrogens is 244 g/mol. The molecule has 0 atom stereocenters. The maximum atomic E-state index is 12.3. The molecule has 0 unspecified atom stereocenters. The van der Waals surface area contributed by atoms with Crippen LogP contribution in [0.1, 0.15) is 0 Å². The summed E-state index contributed by atoms with van der Waals surface area (Å²) in [5.74, 6) is 0. The third-order valence-corrected chi connectivity index (χ3v) is 3.13. The van der Waals surface area contributed by atoms with Gasteiger partial charge in [0.2, 0.25) is 5.43 Å². The fraction of sp³-hybridized carbons (Fsp3) is 0. The standard InChI is InChI=1S/C14H6N2O3/c15-16-12-10(17)6-5-9-11(12)14(19)8-4-2-1-3-7(8)13(9)18/h1-6H. The summed E-state index contributed by atoms with van der Waals surface area (Å²) < 4.78 is 0. The van der Waals surface area contributed by atoms with E-state index in [9.17, 15) is 14.4 Å². The average molecular weight is 250 g/mol. The first-order valence-electron chi connectivity index (χ1n) is 5.52. The molecule has 0 bridgehead atoms. The first kappa shape index (κ1) is 11.2. The lowest BCUT2D eigenvalue weighted by Crippen LogP contribution is -2.33. The van der Waals surface area contributed by atoms with Gasteiger partial charge in [-0.05, 0) is 12.1 Å². The molecule has 0 fully saturated rings. The zero-order chi connectivity index (χ0) is 13.6. The molecule has 0 aliphatic heterocycles. The highest BCUT2D eigenvalue weighted by Gasteiger charge is 2.13. The van der Waals surface area contributed by atoms with Crippen molar-refractivity contribution in [3.63, 3.8) is 0 Å². The van der Waals surface area contributed by atoms with E-state index >= 15 is 0 Å². The van der Waals surface area contributed by atoms with Gasteiger partial charge in [-0.15, -0.1) is 0 Å². The highest BCUT2D eigenvalue weighted by Crippen LogP contribution is 2.04. The quantitative estimate of drug-likeness (QED) is 0.403. The van der Waals surface area contributed by atoms with E-state index in [2.05, 4.69) is 4.79 Å². The van der Waals surface area contributed by atoms with Gasteiger partial charge in [-0.2, -0.15) is 4.79 Å². The molecule has 5 heteroatoms. The SMILES string of the molecule is [N-]=[N+]=c1c(=O)ccc2c(=O)c3ccccc3c(=O)c1=2. The van der Waals surface area contributed by atoms with Crippen molar-refractivity contribution in [3.8, 4) is 0 Å². The van der Waals surface area contributed by atoms with Gasteiger partial charge in [-0.25, -0.2) is 0 Å². The van der Waals surface area contributed by atoms with E-state index in [-0.39, 0.29) is 26.6 Å². The zero-order valence-corrected chi connectivity index (χ0v) is 9.58. The van der Waals surface area contributed by atoms with E-state index in [1.165, 1.54) is 12.1 Å². The maximum absolute atomic E-state index is 12.3. The third kappa shape index (κ3) is 1.39. The van der Waals surface area contributed by atoms with E-state index in [0.717, 1.165) is 6.07 Å². The molecule has 2 aliphatic carbocycles.